The van der Waals surface area contributed by atoms with Gasteiger partial charge in [0.05, 0.1) is 5.92 Å². The van der Waals surface area contributed by atoms with Crippen LogP contribution >= 0.6 is 0 Å². The van der Waals surface area contributed by atoms with E-state index in [4.69, 9.17) is 9.84 Å². The summed E-state index contributed by atoms with van der Waals surface area (Å²) in [6.45, 7) is 11.3. The molecular formula is C17H29N3O4. The van der Waals surface area contributed by atoms with E-state index >= 15 is 0 Å². The van der Waals surface area contributed by atoms with Gasteiger partial charge >= 0.3 is 5.97 Å². The minimum absolute atomic E-state index is 0.139. The Kier molecular flexibility index (Phi) is 7.41. The molecule has 0 spiro atoms. The van der Waals surface area contributed by atoms with Crippen LogP contribution in [0.4, 0.5) is 0 Å². The minimum Gasteiger partial charge on any atom is -0.481 e. The topological polar surface area (TPSA) is 95.5 Å². The number of carboxylic acid groups (broad SMARTS) is 1. The van der Waals surface area contributed by atoms with Crippen LogP contribution in [0.1, 0.15) is 57.2 Å². The first-order chi connectivity index (χ1) is 11.2. The van der Waals surface area contributed by atoms with Crippen molar-refractivity contribution >= 4 is 11.9 Å². The molecule has 7 nitrogen and oxygen atoms in total. The van der Waals surface area contributed by atoms with Crippen molar-refractivity contribution in [2.75, 3.05) is 26.3 Å². The molecule has 24 heavy (non-hydrogen) atoms. The Morgan fingerprint density at radius 1 is 1.42 bits per heavy atom. The molecule has 0 fully saturated rings. The summed E-state index contributed by atoms with van der Waals surface area (Å²) in [5.74, 6) is -1.82. The molecule has 0 saturated carbocycles. The van der Waals surface area contributed by atoms with Crippen LogP contribution in [0.15, 0.2) is 6.07 Å². The van der Waals surface area contributed by atoms with E-state index in [1.165, 1.54) is 0 Å². The number of carboxylic acids is 1. The molecule has 0 bridgehead atoms. The van der Waals surface area contributed by atoms with E-state index in [0.717, 1.165) is 5.69 Å². The number of carbonyl (C=O) groups excluding carboxylic acids is 1. The molecule has 1 heterocycles. The SMILES string of the molecule is CCOCCCN(CC(C)C(=O)O)C(=O)c1cc(C(C)(C)C)[nH]n1. The second kappa shape index (κ2) is 8.82. The van der Waals surface area contributed by atoms with Gasteiger partial charge < -0.3 is 14.7 Å². The van der Waals surface area contributed by atoms with Gasteiger partial charge in [0, 0.05) is 37.4 Å². The third kappa shape index (κ3) is 5.96. The van der Waals surface area contributed by atoms with Crippen LogP contribution in [0.3, 0.4) is 0 Å². The normalized spacial score (nSPS) is 12.9. The number of nitrogens with zero attached hydrogens (tertiary/aromatic N) is 2. The molecule has 1 amide bonds. The number of ether oxygens (including phenoxy) is 1. The van der Waals surface area contributed by atoms with Gasteiger partial charge in [-0.1, -0.05) is 27.7 Å². The van der Waals surface area contributed by atoms with Crippen LogP contribution < -0.4 is 0 Å². The highest BCUT2D eigenvalue weighted by Gasteiger charge is 2.25. The molecule has 0 saturated heterocycles. The molecule has 1 aromatic heterocycles. The van der Waals surface area contributed by atoms with Gasteiger partial charge in [-0.15, -0.1) is 0 Å². The van der Waals surface area contributed by atoms with E-state index in [-0.39, 0.29) is 17.9 Å². The van der Waals surface area contributed by atoms with Crippen molar-refractivity contribution in [1.82, 2.24) is 15.1 Å². The van der Waals surface area contributed by atoms with Crippen molar-refractivity contribution < 1.29 is 19.4 Å². The summed E-state index contributed by atoms with van der Waals surface area (Å²) in [5.41, 5.74) is 1.04. The summed E-state index contributed by atoms with van der Waals surface area (Å²) < 4.78 is 5.29. The number of aliphatic carboxylic acids is 1. The van der Waals surface area contributed by atoms with Gasteiger partial charge in [-0.05, 0) is 19.4 Å². The zero-order valence-corrected chi connectivity index (χ0v) is 15.3. The maximum absolute atomic E-state index is 12.7. The Balaban J connectivity index is 2.85. The summed E-state index contributed by atoms with van der Waals surface area (Å²) in [6, 6.07) is 1.74. The van der Waals surface area contributed by atoms with Gasteiger partial charge in [0.1, 0.15) is 5.69 Å². The molecule has 2 N–H and O–H groups in total. The molecule has 0 aliphatic carbocycles. The van der Waals surface area contributed by atoms with Crippen LogP contribution in [0.5, 0.6) is 0 Å². The fourth-order valence-electron chi connectivity index (χ4n) is 2.16. The van der Waals surface area contributed by atoms with Gasteiger partial charge in [-0.3, -0.25) is 14.7 Å². The molecule has 0 aliphatic rings. The number of nitrogens with one attached hydrogen (secondary N) is 1. The number of aromatic nitrogens is 2. The molecule has 1 rings (SSSR count). The van der Waals surface area contributed by atoms with E-state index in [2.05, 4.69) is 10.2 Å². The number of H-pyrrole nitrogens is 1. The van der Waals surface area contributed by atoms with Crippen LogP contribution in [-0.4, -0.2) is 58.4 Å². The number of aromatic amines is 1. The van der Waals surface area contributed by atoms with E-state index in [1.54, 1.807) is 17.9 Å². The van der Waals surface area contributed by atoms with Crippen LogP contribution in [-0.2, 0) is 14.9 Å². The third-order valence-electron chi connectivity index (χ3n) is 3.73. The monoisotopic (exact) mass is 339 g/mol. The lowest BCUT2D eigenvalue weighted by molar-refractivity contribution is -0.141. The number of hydrogen-bond acceptors (Lipinski definition) is 4. The first-order valence-electron chi connectivity index (χ1n) is 8.32. The van der Waals surface area contributed by atoms with Crippen LogP contribution in [0.2, 0.25) is 0 Å². The molecule has 7 heteroatoms. The predicted octanol–water partition coefficient (Wildman–Crippen LogP) is 2.30. The standard InChI is InChI=1S/C17H29N3O4/c1-6-24-9-7-8-20(11-12(2)16(22)23)15(21)13-10-14(19-18-13)17(3,4)5/h10,12H,6-9,11H2,1-5H3,(H,18,19)(H,22,23). The highest BCUT2D eigenvalue weighted by Crippen LogP contribution is 2.21. The maximum atomic E-state index is 12.7. The smallest absolute Gasteiger partial charge is 0.308 e. The van der Waals surface area contributed by atoms with E-state index in [9.17, 15) is 9.59 Å². The Morgan fingerprint density at radius 3 is 2.58 bits per heavy atom. The van der Waals surface area contributed by atoms with Crippen molar-refractivity contribution in [3.8, 4) is 0 Å². The van der Waals surface area contributed by atoms with Gasteiger partial charge in [0.2, 0.25) is 0 Å². The highest BCUT2D eigenvalue weighted by molar-refractivity contribution is 5.92. The quantitative estimate of drug-likeness (QED) is 0.673. The average molecular weight is 339 g/mol. The fourth-order valence-corrected chi connectivity index (χ4v) is 2.16. The third-order valence-corrected chi connectivity index (χ3v) is 3.73. The lowest BCUT2D eigenvalue weighted by atomic mass is 9.92. The lowest BCUT2D eigenvalue weighted by Gasteiger charge is -2.23. The number of rotatable bonds is 9. The van der Waals surface area contributed by atoms with Crippen molar-refractivity contribution in [3.05, 3.63) is 17.5 Å². The first kappa shape index (κ1) is 20.2. The van der Waals surface area contributed by atoms with Crippen molar-refractivity contribution in [2.24, 2.45) is 5.92 Å². The molecule has 0 aliphatic heterocycles. The Labute approximate surface area is 143 Å². The highest BCUT2D eigenvalue weighted by atomic mass is 16.5. The first-order valence-corrected chi connectivity index (χ1v) is 8.32. The largest absolute Gasteiger partial charge is 0.481 e. The van der Waals surface area contributed by atoms with Gasteiger partial charge in [0.25, 0.3) is 5.91 Å². The van der Waals surface area contributed by atoms with Crippen LogP contribution in [0.25, 0.3) is 0 Å². The summed E-state index contributed by atoms with van der Waals surface area (Å²) in [5, 5.41) is 16.1. The predicted molar refractivity (Wildman–Crippen MR) is 91.1 cm³/mol. The van der Waals surface area contributed by atoms with Gasteiger partial charge in [-0.25, -0.2) is 0 Å². The van der Waals surface area contributed by atoms with Crippen LogP contribution in [0, 0.1) is 5.92 Å². The fraction of sp³-hybridized carbons (Fsp3) is 0.706. The van der Waals surface area contributed by atoms with Crippen molar-refractivity contribution in [3.63, 3.8) is 0 Å². The molecule has 1 aromatic rings. The molecule has 136 valence electrons. The number of carbonyl (C=O) groups is 2. The van der Waals surface area contributed by atoms with E-state index in [1.807, 2.05) is 27.7 Å². The second-order valence-corrected chi connectivity index (χ2v) is 6.96. The van der Waals surface area contributed by atoms with E-state index in [0.29, 0.717) is 31.9 Å². The number of amides is 1. The molecule has 1 atom stereocenters. The molecule has 1 unspecified atom stereocenters. The van der Waals surface area contributed by atoms with E-state index < -0.39 is 11.9 Å². The molecule has 0 radical (unpaired) electrons. The second-order valence-electron chi connectivity index (χ2n) is 6.96. The summed E-state index contributed by atoms with van der Waals surface area (Å²) in [7, 11) is 0. The molecule has 0 aromatic carbocycles. The Bertz CT molecular complexity index is 548. The number of hydrogen-bond donors (Lipinski definition) is 2. The zero-order valence-electron chi connectivity index (χ0n) is 15.3. The minimum atomic E-state index is -0.921. The summed E-state index contributed by atoms with van der Waals surface area (Å²) >= 11 is 0. The summed E-state index contributed by atoms with van der Waals surface area (Å²) in [6.07, 6.45) is 0.655. The molecular weight excluding hydrogens is 310 g/mol. The van der Waals surface area contributed by atoms with Gasteiger partial charge in [-0.2, -0.15) is 5.10 Å². The zero-order chi connectivity index (χ0) is 18.3. The lowest BCUT2D eigenvalue weighted by Crippen LogP contribution is -2.38. The van der Waals surface area contributed by atoms with Crippen molar-refractivity contribution in [1.29, 1.82) is 0 Å². The maximum Gasteiger partial charge on any atom is 0.308 e. The summed E-state index contributed by atoms with van der Waals surface area (Å²) in [4.78, 5) is 25.4. The Morgan fingerprint density at radius 2 is 2.08 bits per heavy atom. The Hall–Kier alpha value is -1.89. The van der Waals surface area contributed by atoms with Gasteiger partial charge in [0.15, 0.2) is 0 Å². The van der Waals surface area contributed by atoms with Crippen molar-refractivity contribution in [2.45, 2.75) is 46.5 Å². The average Bonchev–Trinajstić information content (AvgIpc) is 2.99.